The lowest BCUT2D eigenvalue weighted by molar-refractivity contribution is 0.299. The number of pyridine rings is 3. The average molecular weight is 554 g/mol. The fraction of sp³-hybridized carbons (Fsp3) is 0. The monoisotopic (exact) mass is 554 g/mol. The molecule has 3 aromatic carbocycles. The van der Waals surface area contributed by atoms with Crippen molar-refractivity contribution in [3.63, 3.8) is 0 Å². The van der Waals surface area contributed by atoms with Crippen molar-refractivity contribution in [2.45, 2.75) is 0 Å². The minimum atomic E-state index is -4.38. The Bertz CT molecular complexity index is 1940. The highest BCUT2D eigenvalue weighted by molar-refractivity contribution is 7.49. The maximum absolute atomic E-state index is 14.2. The van der Waals surface area contributed by atoms with E-state index in [1.54, 1.807) is 91.0 Å². The van der Waals surface area contributed by atoms with Crippen molar-refractivity contribution in [2.75, 3.05) is 0 Å². The molecular weight excluding hydrogens is 539 g/mol. The first-order valence-electron chi connectivity index (χ1n) is 12.1. The van der Waals surface area contributed by atoms with Crippen molar-refractivity contribution < 1.29 is 18.1 Å². The second kappa shape index (κ2) is 10.3. The third-order valence-electron chi connectivity index (χ3n) is 5.98. The first kappa shape index (κ1) is 25.3. The van der Waals surface area contributed by atoms with Crippen molar-refractivity contribution >= 4 is 40.5 Å². The average Bonchev–Trinajstić information content (AvgIpc) is 3.00. The topological polar surface area (TPSA) is 155 Å². The van der Waals surface area contributed by atoms with E-state index >= 15 is 0 Å². The molecule has 0 atom stereocenters. The van der Waals surface area contributed by atoms with Gasteiger partial charge in [0.2, 0.25) is 0 Å². The van der Waals surface area contributed by atoms with Crippen molar-refractivity contribution in [1.82, 2.24) is 15.0 Å². The summed E-state index contributed by atoms with van der Waals surface area (Å²) in [7, 11) is -4.38. The lowest BCUT2D eigenvalue weighted by Crippen LogP contribution is -2.08. The molecule has 3 aromatic heterocycles. The molecule has 0 radical (unpaired) electrons. The summed E-state index contributed by atoms with van der Waals surface area (Å²) in [5.41, 5.74) is 2.48. The Hall–Kier alpha value is -6.01. The van der Waals surface area contributed by atoms with E-state index in [0.717, 1.165) is 0 Å². The van der Waals surface area contributed by atoms with Crippen molar-refractivity contribution in [1.29, 1.82) is 15.8 Å². The van der Waals surface area contributed by atoms with Gasteiger partial charge in [0.1, 0.15) is 52.5 Å². The number of nitrogens with zero attached hydrogens (tertiary/aromatic N) is 6. The van der Waals surface area contributed by atoms with Crippen molar-refractivity contribution in [2.24, 2.45) is 0 Å². The summed E-state index contributed by atoms with van der Waals surface area (Å²) in [4.78, 5) is 12.7. The molecule has 194 valence electrons. The van der Waals surface area contributed by atoms with E-state index in [-0.39, 0.29) is 34.3 Å². The van der Waals surface area contributed by atoms with Crippen LogP contribution in [0.3, 0.4) is 0 Å². The molecule has 0 amide bonds. The lowest BCUT2D eigenvalue weighted by Gasteiger charge is -2.20. The first-order valence-corrected chi connectivity index (χ1v) is 13.5. The Morgan fingerprint density at radius 3 is 1.10 bits per heavy atom. The minimum Gasteiger partial charge on any atom is -0.386 e. The van der Waals surface area contributed by atoms with E-state index < -0.39 is 7.82 Å². The summed E-state index contributed by atoms with van der Waals surface area (Å²) in [5, 5.41) is 29.3. The van der Waals surface area contributed by atoms with E-state index in [2.05, 4.69) is 15.0 Å². The van der Waals surface area contributed by atoms with Crippen LogP contribution in [-0.4, -0.2) is 15.0 Å². The van der Waals surface area contributed by atoms with Gasteiger partial charge in [0.25, 0.3) is 0 Å². The minimum absolute atomic E-state index is 0.189. The molecule has 0 N–H and O–H groups in total. The zero-order chi connectivity index (χ0) is 28.4. The summed E-state index contributed by atoms with van der Waals surface area (Å²) in [6, 6.07) is 30.2. The predicted octanol–water partition coefficient (Wildman–Crippen LogP) is 6.59. The summed E-state index contributed by atoms with van der Waals surface area (Å²) in [6.07, 6.45) is 0. The zero-order valence-electron chi connectivity index (χ0n) is 20.9. The molecule has 0 spiro atoms. The Labute approximate surface area is 232 Å². The molecule has 0 unspecified atom stereocenters. The number of rotatable bonds is 6. The molecule has 0 fully saturated rings. The molecule has 41 heavy (non-hydrogen) atoms. The Balaban J connectivity index is 1.37. The molecule has 11 heteroatoms. The largest absolute Gasteiger partial charge is 0.647 e. The fourth-order valence-electron chi connectivity index (χ4n) is 4.11. The van der Waals surface area contributed by atoms with E-state index in [4.69, 9.17) is 29.4 Å². The third-order valence-corrected chi connectivity index (χ3v) is 7.28. The van der Waals surface area contributed by atoms with Crippen LogP contribution in [0, 0.1) is 34.0 Å². The van der Waals surface area contributed by atoms with E-state index in [1.165, 1.54) is 0 Å². The highest BCUT2D eigenvalue weighted by Crippen LogP contribution is 2.50. The number of hydrogen-bond donors (Lipinski definition) is 0. The van der Waals surface area contributed by atoms with Crippen LogP contribution in [0.4, 0.5) is 0 Å². The van der Waals surface area contributed by atoms with Crippen LogP contribution in [0.2, 0.25) is 0 Å². The maximum Gasteiger partial charge on any atom is 0.647 e. The van der Waals surface area contributed by atoms with Gasteiger partial charge in [-0.1, -0.05) is 0 Å². The predicted molar refractivity (Wildman–Crippen MR) is 149 cm³/mol. The molecule has 0 aliphatic carbocycles. The maximum atomic E-state index is 14.2. The fourth-order valence-corrected chi connectivity index (χ4v) is 5.34. The van der Waals surface area contributed by atoms with E-state index in [1.807, 2.05) is 18.2 Å². The molecule has 3 heterocycles. The van der Waals surface area contributed by atoms with Gasteiger partial charge in [-0.3, -0.25) is 0 Å². The Kier molecular flexibility index (Phi) is 6.34. The first-order chi connectivity index (χ1) is 19.9. The number of phosphoric ester groups is 1. The van der Waals surface area contributed by atoms with Crippen LogP contribution in [0.25, 0.3) is 32.7 Å². The molecule has 0 saturated heterocycles. The summed E-state index contributed by atoms with van der Waals surface area (Å²) >= 11 is 0. The van der Waals surface area contributed by atoms with Gasteiger partial charge in [0, 0.05) is 16.2 Å². The SMILES string of the molecule is N#Cc1ccc2cc(OP(=O)(Oc3ccc4nc(C#N)ccc4c3)Oc3ccc4nc(C#N)ccc4c3)ccc2n1. The highest BCUT2D eigenvalue weighted by atomic mass is 31.2. The van der Waals surface area contributed by atoms with Crippen molar-refractivity contribution in [3.8, 4) is 35.5 Å². The van der Waals surface area contributed by atoms with Crippen LogP contribution in [0.15, 0.2) is 91.0 Å². The summed E-state index contributed by atoms with van der Waals surface area (Å²) < 4.78 is 31.8. The van der Waals surface area contributed by atoms with Gasteiger partial charge >= 0.3 is 7.82 Å². The van der Waals surface area contributed by atoms with Gasteiger partial charge in [0.15, 0.2) is 0 Å². The second-order valence-electron chi connectivity index (χ2n) is 8.71. The number of benzene rings is 3. The molecule has 0 aliphatic heterocycles. The molecule has 0 saturated carbocycles. The van der Waals surface area contributed by atoms with E-state index in [0.29, 0.717) is 32.7 Å². The Morgan fingerprint density at radius 2 is 0.805 bits per heavy atom. The van der Waals surface area contributed by atoms with Gasteiger partial charge in [-0.05, 0) is 91.0 Å². The molecular formula is C30H15N6O4P. The van der Waals surface area contributed by atoms with Crippen molar-refractivity contribution in [3.05, 3.63) is 108 Å². The van der Waals surface area contributed by atoms with Crippen LogP contribution in [0.5, 0.6) is 17.2 Å². The Morgan fingerprint density at radius 1 is 0.488 bits per heavy atom. The normalized spacial score (nSPS) is 11.0. The van der Waals surface area contributed by atoms with Gasteiger partial charge in [-0.15, -0.1) is 0 Å². The van der Waals surface area contributed by atoms with Crippen LogP contribution in [-0.2, 0) is 4.57 Å². The lowest BCUT2D eigenvalue weighted by atomic mass is 10.2. The van der Waals surface area contributed by atoms with Gasteiger partial charge in [0.05, 0.1) is 16.6 Å². The molecule has 6 rings (SSSR count). The summed E-state index contributed by atoms with van der Waals surface area (Å²) in [6.45, 7) is 0. The number of aromatic nitrogens is 3. The second-order valence-corrected chi connectivity index (χ2v) is 10.2. The molecule has 10 nitrogen and oxygen atoms in total. The molecule has 0 aliphatic rings. The molecule has 6 aromatic rings. The van der Waals surface area contributed by atoms with Crippen LogP contribution >= 0.6 is 7.82 Å². The zero-order valence-corrected chi connectivity index (χ0v) is 21.8. The van der Waals surface area contributed by atoms with Crippen LogP contribution in [0.1, 0.15) is 17.1 Å². The number of hydrogen-bond acceptors (Lipinski definition) is 10. The number of nitriles is 3. The number of phosphoric acid groups is 1. The highest BCUT2D eigenvalue weighted by Gasteiger charge is 2.33. The smallest absolute Gasteiger partial charge is 0.386 e. The summed E-state index contributed by atoms with van der Waals surface area (Å²) in [5.74, 6) is 0.568. The van der Waals surface area contributed by atoms with Gasteiger partial charge in [-0.25, -0.2) is 15.0 Å². The molecule has 0 bridgehead atoms. The van der Waals surface area contributed by atoms with Crippen LogP contribution < -0.4 is 13.6 Å². The quantitative estimate of drug-likeness (QED) is 0.206. The number of fused-ring (bicyclic) bond motifs is 3. The standard InChI is InChI=1S/C30H15N6O4P/c31-16-22-4-1-19-13-25(7-10-28(19)34-22)38-41(37,39-26-8-11-29-20(14-26)2-5-23(17-32)35-29)40-27-9-12-30-21(15-27)3-6-24(18-33)36-30/h1-15H. The third kappa shape index (κ3) is 5.30. The van der Waals surface area contributed by atoms with Gasteiger partial charge < -0.3 is 13.6 Å². The van der Waals surface area contributed by atoms with E-state index in [9.17, 15) is 4.57 Å². The van der Waals surface area contributed by atoms with Gasteiger partial charge in [-0.2, -0.15) is 20.4 Å².